The Morgan fingerprint density at radius 1 is 1.05 bits per heavy atom. The highest BCUT2D eigenvalue weighted by Crippen LogP contribution is 2.33. The third-order valence-corrected chi connectivity index (χ3v) is 4.66. The SMILES string of the molecule is COc1ccc(CCC(Br)c2ccc(OC)c(Cl)c2)cc1. The lowest BCUT2D eigenvalue weighted by Crippen LogP contribution is -1.95. The summed E-state index contributed by atoms with van der Waals surface area (Å²) in [6.07, 6.45) is 1.98. The van der Waals surface area contributed by atoms with E-state index in [1.54, 1.807) is 14.2 Å². The van der Waals surface area contributed by atoms with Crippen molar-refractivity contribution in [2.45, 2.75) is 17.7 Å². The molecule has 112 valence electrons. The number of aryl methyl sites for hydroxylation is 1. The van der Waals surface area contributed by atoms with Crippen molar-refractivity contribution >= 4 is 27.5 Å². The van der Waals surface area contributed by atoms with Crippen LogP contribution in [-0.4, -0.2) is 14.2 Å². The lowest BCUT2D eigenvalue weighted by atomic mass is 10.0. The first kappa shape index (κ1) is 16.2. The van der Waals surface area contributed by atoms with Crippen LogP contribution < -0.4 is 9.47 Å². The minimum Gasteiger partial charge on any atom is -0.497 e. The van der Waals surface area contributed by atoms with E-state index in [1.807, 2.05) is 30.3 Å². The second-order valence-corrected chi connectivity index (χ2v) is 6.26. The molecule has 2 aromatic rings. The van der Waals surface area contributed by atoms with Gasteiger partial charge in [0.15, 0.2) is 0 Å². The molecule has 0 saturated carbocycles. The smallest absolute Gasteiger partial charge is 0.137 e. The molecule has 1 unspecified atom stereocenters. The average Bonchev–Trinajstić information content (AvgIpc) is 2.53. The number of hydrogen-bond donors (Lipinski definition) is 0. The summed E-state index contributed by atoms with van der Waals surface area (Å²) < 4.78 is 10.3. The lowest BCUT2D eigenvalue weighted by Gasteiger charge is -2.12. The molecule has 21 heavy (non-hydrogen) atoms. The summed E-state index contributed by atoms with van der Waals surface area (Å²) in [6, 6.07) is 14.1. The first-order valence-electron chi connectivity index (χ1n) is 6.74. The summed E-state index contributed by atoms with van der Waals surface area (Å²) in [6.45, 7) is 0. The lowest BCUT2D eigenvalue weighted by molar-refractivity contribution is 0.414. The van der Waals surface area contributed by atoms with E-state index in [0.29, 0.717) is 10.8 Å². The molecule has 0 N–H and O–H groups in total. The number of alkyl halides is 1. The fourth-order valence-corrected chi connectivity index (χ4v) is 2.91. The summed E-state index contributed by atoms with van der Waals surface area (Å²) in [5.41, 5.74) is 2.45. The van der Waals surface area contributed by atoms with Gasteiger partial charge in [0.2, 0.25) is 0 Å². The molecule has 0 amide bonds. The molecular weight excluding hydrogens is 352 g/mol. The molecule has 0 aliphatic heterocycles. The van der Waals surface area contributed by atoms with Crippen molar-refractivity contribution < 1.29 is 9.47 Å². The Hall–Kier alpha value is -1.19. The summed E-state index contributed by atoms with van der Waals surface area (Å²) in [4.78, 5) is 0.267. The van der Waals surface area contributed by atoms with Crippen LogP contribution in [0.15, 0.2) is 42.5 Å². The average molecular weight is 370 g/mol. The Bertz CT molecular complexity index is 584. The Balaban J connectivity index is 1.97. The van der Waals surface area contributed by atoms with Gasteiger partial charge in [-0.15, -0.1) is 0 Å². The van der Waals surface area contributed by atoms with Crippen LogP contribution in [0.1, 0.15) is 22.4 Å². The van der Waals surface area contributed by atoms with Crippen molar-refractivity contribution in [3.8, 4) is 11.5 Å². The van der Waals surface area contributed by atoms with Gasteiger partial charge in [0, 0.05) is 4.83 Å². The molecule has 2 nitrogen and oxygen atoms in total. The quantitative estimate of drug-likeness (QED) is 0.632. The van der Waals surface area contributed by atoms with Crippen LogP contribution in [-0.2, 0) is 6.42 Å². The second-order valence-electron chi connectivity index (χ2n) is 4.75. The topological polar surface area (TPSA) is 18.5 Å². The van der Waals surface area contributed by atoms with E-state index in [9.17, 15) is 0 Å². The molecule has 2 aromatic carbocycles. The molecule has 2 rings (SSSR count). The number of halogens is 2. The first-order valence-corrected chi connectivity index (χ1v) is 8.04. The summed E-state index contributed by atoms with van der Waals surface area (Å²) in [7, 11) is 3.30. The Morgan fingerprint density at radius 2 is 1.76 bits per heavy atom. The molecule has 0 fully saturated rings. The van der Waals surface area contributed by atoms with E-state index in [0.717, 1.165) is 24.2 Å². The molecule has 0 bridgehead atoms. The maximum absolute atomic E-state index is 6.16. The molecule has 0 heterocycles. The van der Waals surface area contributed by atoms with Gasteiger partial charge in [-0.1, -0.05) is 45.7 Å². The van der Waals surface area contributed by atoms with Gasteiger partial charge in [-0.3, -0.25) is 0 Å². The zero-order chi connectivity index (χ0) is 15.2. The van der Waals surface area contributed by atoms with Crippen LogP contribution in [0.25, 0.3) is 0 Å². The molecule has 4 heteroatoms. The van der Waals surface area contributed by atoms with Crippen molar-refractivity contribution in [1.82, 2.24) is 0 Å². The maximum Gasteiger partial charge on any atom is 0.137 e. The van der Waals surface area contributed by atoms with E-state index < -0.39 is 0 Å². The highest BCUT2D eigenvalue weighted by atomic mass is 79.9. The zero-order valence-electron chi connectivity index (χ0n) is 12.1. The van der Waals surface area contributed by atoms with Crippen molar-refractivity contribution in [3.63, 3.8) is 0 Å². The fourth-order valence-electron chi connectivity index (χ4n) is 2.13. The largest absolute Gasteiger partial charge is 0.497 e. The number of benzene rings is 2. The third kappa shape index (κ3) is 4.39. The molecule has 1 atom stereocenters. The van der Waals surface area contributed by atoms with Gasteiger partial charge in [0.1, 0.15) is 11.5 Å². The van der Waals surface area contributed by atoms with E-state index in [-0.39, 0.29) is 4.83 Å². The van der Waals surface area contributed by atoms with Crippen molar-refractivity contribution in [1.29, 1.82) is 0 Å². The highest BCUT2D eigenvalue weighted by molar-refractivity contribution is 9.09. The van der Waals surface area contributed by atoms with Gasteiger partial charge >= 0.3 is 0 Å². The first-order chi connectivity index (χ1) is 10.1. The summed E-state index contributed by atoms with van der Waals surface area (Å²) in [5, 5.41) is 0.642. The standard InChI is InChI=1S/C17H18BrClO2/c1-20-14-7-3-12(4-8-14)5-9-15(18)13-6-10-17(21-2)16(19)11-13/h3-4,6-8,10-11,15H,5,9H2,1-2H3. The monoisotopic (exact) mass is 368 g/mol. The molecule has 0 radical (unpaired) electrons. The normalized spacial score (nSPS) is 12.0. The van der Waals surface area contributed by atoms with Gasteiger partial charge in [0.05, 0.1) is 19.2 Å². The molecule has 0 saturated heterocycles. The zero-order valence-corrected chi connectivity index (χ0v) is 14.4. The van der Waals surface area contributed by atoms with E-state index in [2.05, 4.69) is 28.1 Å². The third-order valence-electron chi connectivity index (χ3n) is 3.38. The number of ether oxygens (including phenoxy) is 2. The molecule has 0 spiro atoms. The minimum atomic E-state index is 0.267. The van der Waals surface area contributed by atoms with Gasteiger partial charge in [-0.25, -0.2) is 0 Å². The van der Waals surface area contributed by atoms with Crippen molar-refractivity contribution in [3.05, 3.63) is 58.6 Å². The van der Waals surface area contributed by atoms with E-state index in [4.69, 9.17) is 21.1 Å². The van der Waals surface area contributed by atoms with Crippen LogP contribution in [0.3, 0.4) is 0 Å². The summed E-state index contributed by atoms with van der Waals surface area (Å²) >= 11 is 9.89. The van der Waals surface area contributed by atoms with Crippen LogP contribution in [0.5, 0.6) is 11.5 Å². The van der Waals surface area contributed by atoms with Gasteiger partial charge in [-0.05, 0) is 48.2 Å². The minimum absolute atomic E-state index is 0.267. The van der Waals surface area contributed by atoms with Gasteiger partial charge < -0.3 is 9.47 Å². The Labute approximate surface area is 139 Å². The summed E-state index contributed by atoms with van der Waals surface area (Å²) in [5.74, 6) is 1.59. The molecular formula is C17H18BrClO2. The predicted molar refractivity (Wildman–Crippen MR) is 91.0 cm³/mol. The van der Waals surface area contributed by atoms with E-state index >= 15 is 0 Å². The second kappa shape index (κ2) is 7.71. The molecule has 0 aromatic heterocycles. The van der Waals surface area contributed by atoms with Crippen LogP contribution >= 0.6 is 27.5 Å². The van der Waals surface area contributed by atoms with Gasteiger partial charge in [-0.2, -0.15) is 0 Å². The van der Waals surface area contributed by atoms with Crippen LogP contribution in [0.2, 0.25) is 5.02 Å². The van der Waals surface area contributed by atoms with Crippen LogP contribution in [0.4, 0.5) is 0 Å². The van der Waals surface area contributed by atoms with E-state index in [1.165, 1.54) is 5.56 Å². The number of rotatable bonds is 6. The number of methoxy groups -OCH3 is 2. The van der Waals surface area contributed by atoms with Gasteiger partial charge in [0.25, 0.3) is 0 Å². The van der Waals surface area contributed by atoms with Crippen LogP contribution in [0, 0.1) is 0 Å². The molecule has 0 aliphatic rings. The fraction of sp³-hybridized carbons (Fsp3) is 0.294. The molecule has 0 aliphatic carbocycles. The predicted octanol–water partition coefficient (Wildman–Crippen LogP) is 5.43. The van der Waals surface area contributed by atoms with Crippen molar-refractivity contribution in [2.75, 3.05) is 14.2 Å². The maximum atomic E-state index is 6.16. The Kier molecular flexibility index (Phi) is 5.95. The highest BCUT2D eigenvalue weighted by Gasteiger charge is 2.10. The number of hydrogen-bond acceptors (Lipinski definition) is 2. The van der Waals surface area contributed by atoms with Crippen molar-refractivity contribution in [2.24, 2.45) is 0 Å². The Morgan fingerprint density at radius 3 is 2.33 bits per heavy atom.